The van der Waals surface area contributed by atoms with Crippen LogP contribution in [0.15, 0.2) is 30.3 Å². The SMILES string of the molecule is CCCCCCCCCCCCCCCCCC(=O)C[C@@H](CCCCNC(=O)OCc1ccccc1)C(=O)NCCCCCCCC. The van der Waals surface area contributed by atoms with Crippen molar-refractivity contribution in [2.75, 3.05) is 13.1 Å². The van der Waals surface area contributed by atoms with Gasteiger partial charge in [0.1, 0.15) is 12.4 Å². The van der Waals surface area contributed by atoms with Crippen LogP contribution < -0.4 is 10.6 Å². The lowest BCUT2D eigenvalue weighted by Gasteiger charge is -2.17. The van der Waals surface area contributed by atoms with Crippen molar-refractivity contribution >= 4 is 17.8 Å². The van der Waals surface area contributed by atoms with Crippen LogP contribution in [0.1, 0.15) is 186 Å². The fourth-order valence-corrected chi connectivity index (χ4v) is 6.14. The summed E-state index contributed by atoms with van der Waals surface area (Å²) in [5, 5.41) is 5.91. The predicted molar refractivity (Wildman–Crippen MR) is 198 cm³/mol. The summed E-state index contributed by atoms with van der Waals surface area (Å²) < 4.78 is 5.28. The molecule has 1 atom stereocenters. The second-order valence-corrected chi connectivity index (χ2v) is 13.7. The van der Waals surface area contributed by atoms with E-state index in [-0.39, 0.29) is 24.2 Å². The molecule has 270 valence electrons. The van der Waals surface area contributed by atoms with Gasteiger partial charge >= 0.3 is 6.09 Å². The van der Waals surface area contributed by atoms with Gasteiger partial charge in [0.05, 0.1) is 0 Å². The molecular formula is C41H72N2O4. The van der Waals surface area contributed by atoms with E-state index in [1.54, 1.807) is 0 Å². The third-order valence-corrected chi connectivity index (χ3v) is 9.20. The Morgan fingerprint density at radius 2 is 1.04 bits per heavy atom. The number of Topliss-reactive ketones (excluding diaryl/α,β-unsaturated/α-hetero) is 1. The molecule has 6 heteroatoms. The average molecular weight is 657 g/mol. The quantitative estimate of drug-likeness (QED) is 0.0737. The van der Waals surface area contributed by atoms with Crippen LogP contribution in [0, 0.1) is 5.92 Å². The minimum Gasteiger partial charge on any atom is -0.445 e. The summed E-state index contributed by atoms with van der Waals surface area (Å²) in [7, 11) is 0. The first-order valence-electron chi connectivity index (χ1n) is 19.8. The zero-order valence-electron chi connectivity index (χ0n) is 30.6. The summed E-state index contributed by atoms with van der Waals surface area (Å²) in [6.45, 7) is 5.91. The molecule has 2 N–H and O–H groups in total. The minimum absolute atomic E-state index is 0.0126. The molecule has 0 aliphatic rings. The van der Waals surface area contributed by atoms with E-state index < -0.39 is 6.09 Å². The number of alkyl carbamates (subject to hydrolysis) is 1. The van der Waals surface area contributed by atoms with E-state index in [4.69, 9.17) is 4.74 Å². The van der Waals surface area contributed by atoms with E-state index in [2.05, 4.69) is 24.5 Å². The molecule has 0 bridgehead atoms. The number of amides is 2. The third-order valence-electron chi connectivity index (χ3n) is 9.20. The van der Waals surface area contributed by atoms with Crippen LogP contribution in [0.2, 0.25) is 0 Å². The highest BCUT2D eigenvalue weighted by Crippen LogP contribution is 2.18. The lowest BCUT2D eigenvalue weighted by Crippen LogP contribution is -2.33. The molecule has 0 saturated carbocycles. The van der Waals surface area contributed by atoms with Gasteiger partial charge in [-0.2, -0.15) is 0 Å². The lowest BCUT2D eigenvalue weighted by molar-refractivity contribution is -0.129. The molecule has 1 aromatic carbocycles. The zero-order chi connectivity index (χ0) is 34.0. The normalized spacial score (nSPS) is 11.7. The second-order valence-electron chi connectivity index (χ2n) is 13.7. The van der Waals surface area contributed by atoms with Crippen molar-refractivity contribution in [2.45, 2.75) is 187 Å². The molecule has 0 aliphatic heterocycles. The summed E-state index contributed by atoms with van der Waals surface area (Å²) in [6.07, 6.45) is 29.4. The van der Waals surface area contributed by atoms with E-state index >= 15 is 0 Å². The van der Waals surface area contributed by atoms with Gasteiger partial charge in [0.15, 0.2) is 0 Å². The van der Waals surface area contributed by atoms with Crippen molar-refractivity contribution in [1.82, 2.24) is 10.6 Å². The molecule has 0 heterocycles. The van der Waals surface area contributed by atoms with Gasteiger partial charge in [0.2, 0.25) is 5.91 Å². The Kier molecular flexibility index (Phi) is 29.2. The topological polar surface area (TPSA) is 84.5 Å². The van der Waals surface area contributed by atoms with Gasteiger partial charge in [-0.1, -0.05) is 173 Å². The molecule has 2 amide bonds. The number of rotatable bonds is 33. The number of carbonyl (C=O) groups is 3. The summed E-state index contributed by atoms with van der Waals surface area (Å²) in [5.41, 5.74) is 0.950. The van der Waals surface area contributed by atoms with E-state index in [0.717, 1.165) is 44.1 Å². The van der Waals surface area contributed by atoms with Crippen LogP contribution in [0.3, 0.4) is 0 Å². The highest BCUT2D eigenvalue weighted by atomic mass is 16.5. The number of hydrogen-bond donors (Lipinski definition) is 2. The van der Waals surface area contributed by atoms with E-state index in [1.165, 1.54) is 109 Å². The van der Waals surface area contributed by atoms with E-state index in [1.807, 2.05) is 30.3 Å². The van der Waals surface area contributed by atoms with Crippen molar-refractivity contribution in [3.05, 3.63) is 35.9 Å². The van der Waals surface area contributed by atoms with Gasteiger partial charge in [0.25, 0.3) is 0 Å². The Morgan fingerprint density at radius 1 is 0.574 bits per heavy atom. The Balaban J connectivity index is 2.24. The van der Waals surface area contributed by atoms with Crippen LogP contribution in [-0.4, -0.2) is 30.9 Å². The Hall–Kier alpha value is -2.37. The monoisotopic (exact) mass is 657 g/mol. The molecule has 0 spiro atoms. The first-order chi connectivity index (χ1) is 23.1. The van der Waals surface area contributed by atoms with Gasteiger partial charge in [-0.15, -0.1) is 0 Å². The van der Waals surface area contributed by atoms with Crippen LogP contribution in [0.4, 0.5) is 4.79 Å². The lowest BCUT2D eigenvalue weighted by atomic mass is 9.93. The maximum atomic E-state index is 13.1. The molecule has 6 nitrogen and oxygen atoms in total. The maximum absolute atomic E-state index is 13.1. The molecule has 0 radical (unpaired) electrons. The number of nitrogens with one attached hydrogen (secondary N) is 2. The van der Waals surface area contributed by atoms with Crippen LogP contribution in [0.25, 0.3) is 0 Å². The Labute approximate surface area is 289 Å². The highest BCUT2D eigenvalue weighted by Gasteiger charge is 2.21. The highest BCUT2D eigenvalue weighted by molar-refractivity contribution is 5.86. The van der Waals surface area contributed by atoms with Gasteiger partial charge in [-0.05, 0) is 31.2 Å². The Bertz CT molecular complexity index is 875. The standard InChI is InChI=1S/C41H72N2O4/c1-3-5-7-9-11-12-13-14-15-16-17-18-19-20-25-32-39(44)35-38(40(45)42-33-27-21-10-8-6-4-2)31-26-28-34-43-41(46)47-36-37-29-23-22-24-30-37/h22-24,29-30,38H,3-21,25-28,31-36H2,1-2H3,(H,42,45)(H,43,46)/t38-/m1/s1. The summed E-state index contributed by atoms with van der Waals surface area (Å²) in [5.74, 6) is -0.0652. The van der Waals surface area contributed by atoms with E-state index in [0.29, 0.717) is 32.4 Å². The van der Waals surface area contributed by atoms with Crippen molar-refractivity contribution in [3.8, 4) is 0 Å². The number of ketones is 1. The van der Waals surface area contributed by atoms with Crippen molar-refractivity contribution < 1.29 is 19.1 Å². The molecule has 0 saturated heterocycles. The molecule has 0 aromatic heterocycles. The molecule has 47 heavy (non-hydrogen) atoms. The van der Waals surface area contributed by atoms with Crippen LogP contribution in [0.5, 0.6) is 0 Å². The first kappa shape index (κ1) is 42.7. The fourth-order valence-electron chi connectivity index (χ4n) is 6.14. The maximum Gasteiger partial charge on any atom is 0.407 e. The van der Waals surface area contributed by atoms with Gasteiger partial charge in [-0.3, -0.25) is 9.59 Å². The second kappa shape index (κ2) is 32.2. The Morgan fingerprint density at radius 3 is 1.60 bits per heavy atom. The summed E-state index contributed by atoms with van der Waals surface area (Å²) in [4.78, 5) is 38.0. The average Bonchev–Trinajstić information content (AvgIpc) is 3.08. The summed E-state index contributed by atoms with van der Waals surface area (Å²) >= 11 is 0. The molecule has 1 rings (SSSR count). The third kappa shape index (κ3) is 27.3. The van der Waals surface area contributed by atoms with Crippen molar-refractivity contribution in [2.24, 2.45) is 5.92 Å². The molecule has 1 aromatic rings. The van der Waals surface area contributed by atoms with Gasteiger partial charge in [-0.25, -0.2) is 4.79 Å². The van der Waals surface area contributed by atoms with Crippen LogP contribution in [-0.2, 0) is 20.9 Å². The number of ether oxygens (including phenoxy) is 1. The first-order valence-corrected chi connectivity index (χ1v) is 19.8. The molecule has 0 unspecified atom stereocenters. The number of benzene rings is 1. The number of unbranched alkanes of at least 4 members (excludes halogenated alkanes) is 20. The smallest absolute Gasteiger partial charge is 0.407 e. The fraction of sp³-hybridized carbons (Fsp3) is 0.780. The van der Waals surface area contributed by atoms with Gasteiger partial charge in [0, 0.05) is 31.8 Å². The van der Waals surface area contributed by atoms with Gasteiger partial charge < -0.3 is 15.4 Å². The minimum atomic E-state index is -0.430. The van der Waals surface area contributed by atoms with Crippen molar-refractivity contribution in [3.63, 3.8) is 0 Å². The number of hydrogen-bond acceptors (Lipinski definition) is 4. The van der Waals surface area contributed by atoms with Crippen molar-refractivity contribution in [1.29, 1.82) is 0 Å². The summed E-state index contributed by atoms with van der Waals surface area (Å²) in [6, 6.07) is 9.61. The number of carbonyl (C=O) groups excluding carboxylic acids is 3. The molecule has 0 fully saturated rings. The van der Waals surface area contributed by atoms with E-state index in [9.17, 15) is 14.4 Å². The predicted octanol–water partition coefficient (Wildman–Crippen LogP) is 11.4. The van der Waals surface area contributed by atoms with Crippen LogP contribution >= 0.6 is 0 Å². The molecular weight excluding hydrogens is 584 g/mol. The largest absolute Gasteiger partial charge is 0.445 e. The molecule has 0 aliphatic carbocycles. The zero-order valence-corrected chi connectivity index (χ0v) is 30.6.